The zero-order valence-electron chi connectivity index (χ0n) is 16.4. The lowest BCUT2D eigenvalue weighted by Gasteiger charge is -2.10. The second-order valence-electron chi connectivity index (χ2n) is 6.36. The maximum Gasteiger partial charge on any atom is 0.310 e. The van der Waals surface area contributed by atoms with E-state index in [2.05, 4.69) is 20.9 Å². The standard InChI is InChI=1S/C23H19BrClNO4/c1-3-20(27)29-19-7-5-6-14-8-10-17(26-22(14)19)11-9-15-12-16(25)13-18(24)23(15)30-21(28)4-2/h5-13H,3-4H2,1-2H3. The van der Waals surface area contributed by atoms with Crippen molar-refractivity contribution in [1.82, 2.24) is 4.98 Å². The van der Waals surface area contributed by atoms with Gasteiger partial charge in [-0.25, -0.2) is 4.98 Å². The molecule has 0 spiro atoms. The number of fused-ring (bicyclic) bond motifs is 1. The summed E-state index contributed by atoms with van der Waals surface area (Å²) >= 11 is 9.56. The fourth-order valence-electron chi connectivity index (χ4n) is 2.68. The molecule has 1 aromatic heterocycles. The first kappa shape index (κ1) is 22.0. The van der Waals surface area contributed by atoms with Gasteiger partial charge in [0.1, 0.15) is 5.52 Å². The van der Waals surface area contributed by atoms with Crippen LogP contribution in [0.15, 0.2) is 46.9 Å². The molecule has 30 heavy (non-hydrogen) atoms. The Bertz CT molecular complexity index is 1140. The Balaban J connectivity index is 1.99. The third-order valence-electron chi connectivity index (χ3n) is 4.19. The van der Waals surface area contributed by atoms with Gasteiger partial charge in [-0.2, -0.15) is 0 Å². The molecule has 0 unspecified atom stereocenters. The van der Waals surface area contributed by atoms with E-state index in [4.69, 9.17) is 21.1 Å². The molecule has 5 nitrogen and oxygen atoms in total. The first-order valence-corrected chi connectivity index (χ1v) is 10.6. The summed E-state index contributed by atoms with van der Waals surface area (Å²) in [6.45, 7) is 3.46. The number of nitrogens with zero attached hydrogens (tertiary/aromatic N) is 1. The molecule has 2 aromatic carbocycles. The van der Waals surface area contributed by atoms with Crippen LogP contribution in [0.25, 0.3) is 23.1 Å². The van der Waals surface area contributed by atoms with Gasteiger partial charge < -0.3 is 9.47 Å². The highest BCUT2D eigenvalue weighted by Crippen LogP contribution is 2.34. The van der Waals surface area contributed by atoms with Crippen molar-refractivity contribution in [2.45, 2.75) is 26.7 Å². The molecule has 0 saturated carbocycles. The minimum atomic E-state index is -0.348. The number of hydrogen-bond donors (Lipinski definition) is 0. The van der Waals surface area contributed by atoms with E-state index in [0.717, 1.165) is 5.39 Å². The summed E-state index contributed by atoms with van der Waals surface area (Å²) in [5.74, 6) is 0.133. The van der Waals surface area contributed by atoms with Gasteiger partial charge in [-0.15, -0.1) is 0 Å². The van der Waals surface area contributed by atoms with E-state index < -0.39 is 0 Å². The molecule has 0 aliphatic heterocycles. The Morgan fingerprint density at radius 2 is 1.77 bits per heavy atom. The fourth-order valence-corrected chi connectivity index (χ4v) is 3.59. The Hall–Kier alpha value is -2.70. The molecule has 0 atom stereocenters. The number of carbonyl (C=O) groups excluding carboxylic acids is 2. The van der Waals surface area contributed by atoms with E-state index in [1.807, 2.05) is 24.3 Å². The van der Waals surface area contributed by atoms with Crippen LogP contribution in [-0.2, 0) is 9.59 Å². The highest BCUT2D eigenvalue weighted by atomic mass is 79.9. The van der Waals surface area contributed by atoms with Crippen molar-refractivity contribution >= 4 is 62.5 Å². The van der Waals surface area contributed by atoms with E-state index in [1.165, 1.54) is 0 Å². The van der Waals surface area contributed by atoms with E-state index in [9.17, 15) is 9.59 Å². The molecule has 0 aliphatic carbocycles. The Morgan fingerprint density at radius 3 is 2.50 bits per heavy atom. The third-order valence-corrected chi connectivity index (χ3v) is 5.00. The molecule has 0 amide bonds. The van der Waals surface area contributed by atoms with Gasteiger partial charge in [0.15, 0.2) is 11.5 Å². The molecular weight excluding hydrogens is 470 g/mol. The normalized spacial score (nSPS) is 11.1. The maximum atomic E-state index is 11.8. The fraction of sp³-hybridized carbons (Fsp3) is 0.174. The summed E-state index contributed by atoms with van der Waals surface area (Å²) in [6, 6.07) is 12.5. The number of para-hydroxylation sites is 1. The van der Waals surface area contributed by atoms with E-state index in [0.29, 0.717) is 37.8 Å². The van der Waals surface area contributed by atoms with E-state index in [-0.39, 0.29) is 24.8 Å². The van der Waals surface area contributed by atoms with Crippen LogP contribution in [0.4, 0.5) is 0 Å². The molecule has 3 aromatic rings. The highest BCUT2D eigenvalue weighted by Gasteiger charge is 2.13. The number of pyridine rings is 1. The van der Waals surface area contributed by atoms with Crippen molar-refractivity contribution in [1.29, 1.82) is 0 Å². The summed E-state index contributed by atoms with van der Waals surface area (Å²) in [6.07, 6.45) is 4.07. The molecule has 0 bridgehead atoms. The quantitative estimate of drug-likeness (QED) is 0.294. The van der Waals surface area contributed by atoms with Crippen molar-refractivity contribution in [2.75, 3.05) is 0 Å². The largest absolute Gasteiger partial charge is 0.425 e. The summed E-state index contributed by atoms with van der Waals surface area (Å²) in [5.41, 5.74) is 1.86. The monoisotopic (exact) mass is 487 g/mol. The van der Waals surface area contributed by atoms with Crippen LogP contribution in [-0.4, -0.2) is 16.9 Å². The lowest BCUT2D eigenvalue weighted by Crippen LogP contribution is -2.07. The van der Waals surface area contributed by atoms with Gasteiger partial charge in [0.05, 0.1) is 10.2 Å². The van der Waals surface area contributed by atoms with Gasteiger partial charge in [0.2, 0.25) is 0 Å². The molecule has 7 heteroatoms. The average Bonchev–Trinajstić information content (AvgIpc) is 2.74. The summed E-state index contributed by atoms with van der Waals surface area (Å²) < 4.78 is 11.4. The minimum Gasteiger partial charge on any atom is -0.425 e. The first-order chi connectivity index (χ1) is 14.4. The second-order valence-corrected chi connectivity index (χ2v) is 7.65. The van der Waals surface area contributed by atoms with E-state index >= 15 is 0 Å². The van der Waals surface area contributed by atoms with E-state index in [1.54, 1.807) is 44.2 Å². The van der Waals surface area contributed by atoms with Crippen LogP contribution < -0.4 is 9.47 Å². The van der Waals surface area contributed by atoms with Gasteiger partial charge in [-0.1, -0.05) is 43.6 Å². The average molecular weight is 489 g/mol. The molecule has 0 radical (unpaired) electrons. The molecule has 1 heterocycles. The molecule has 3 rings (SSSR count). The van der Waals surface area contributed by atoms with Crippen molar-refractivity contribution in [3.63, 3.8) is 0 Å². The van der Waals surface area contributed by atoms with Crippen molar-refractivity contribution in [2.24, 2.45) is 0 Å². The predicted octanol–water partition coefficient (Wildman–Crippen LogP) is 6.45. The second kappa shape index (κ2) is 9.87. The lowest BCUT2D eigenvalue weighted by molar-refractivity contribution is -0.134. The van der Waals surface area contributed by atoms with Crippen LogP contribution in [0.3, 0.4) is 0 Å². The van der Waals surface area contributed by atoms with Gasteiger partial charge in [0.25, 0.3) is 0 Å². The first-order valence-electron chi connectivity index (χ1n) is 9.39. The van der Waals surface area contributed by atoms with Crippen molar-refractivity contribution in [3.05, 3.63) is 63.2 Å². The Kier molecular flexibility index (Phi) is 7.24. The van der Waals surface area contributed by atoms with Crippen molar-refractivity contribution < 1.29 is 19.1 Å². The van der Waals surface area contributed by atoms with Crippen LogP contribution in [0.2, 0.25) is 5.02 Å². The number of aromatic nitrogens is 1. The van der Waals surface area contributed by atoms with Crippen LogP contribution in [0.1, 0.15) is 37.9 Å². The number of ether oxygens (including phenoxy) is 2. The molecule has 0 fully saturated rings. The Labute approximate surface area is 187 Å². The number of rotatable bonds is 6. The smallest absolute Gasteiger partial charge is 0.310 e. The summed E-state index contributed by atoms with van der Waals surface area (Å²) in [5, 5.41) is 1.36. The molecular formula is C23H19BrClNO4. The summed E-state index contributed by atoms with van der Waals surface area (Å²) in [7, 11) is 0. The zero-order chi connectivity index (χ0) is 21.7. The van der Waals surface area contributed by atoms with Crippen molar-refractivity contribution in [3.8, 4) is 11.5 Å². The van der Waals surface area contributed by atoms with Gasteiger partial charge >= 0.3 is 11.9 Å². The summed E-state index contributed by atoms with van der Waals surface area (Å²) in [4.78, 5) is 28.1. The SMILES string of the molecule is CCC(=O)Oc1c(Br)cc(Cl)cc1C=Cc1ccc2cccc(OC(=O)CC)c2n1. The minimum absolute atomic E-state index is 0.254. The number of benzene rings is 2. The van der Waals surface area contributed by atoms with Crippen LogP contribution in [0, 0.1) is 0 Å². The lowest BCUT2D eigenvalue weighted by atomic mass is 10.1. The third kappa shape index (κ3) is 5.26. The predicted molar refractivity (Wildman–Crippen MR) is 122 cm³/mol. The Morgan fingerprint density at radius 1 is 1.03 bits per heavy atom. The number of carbonyl (C=O) groups is 2. The van der Waals surface area contributed by atoms with Crippen LogP contribution >= 0.6 is 27.5 Å². The van der Waals surface area contributed by atoms with Gasteiger partial charge in [-0.3, -0.25) is 9.59 Å². The van der Waals surface area contributed by atoms with Gasteiger partial charge in [-0.05, 0) is 52.3 Å². The number of halogens is 2. The number of esters is 2. The maximum absolute atomic E-state index is 11.8. The molecule has 0 saturated heterocycles. The molecule has 154 valence electrons. The molecule has 0 N–H and O–H groups in total. The van der Waals surface area contributed by atoms with Gasteiger partial charge in [0, 0.05) is 28.8 Å². The topological polar surface area (TPSA) is 65.5 Å². The zero-order valence-corrected chi connectivity index (χ0v) is 18.8. The number of hydrogen-bond acceptors (Lipinski definition) is 5. The molecule has 0 aliphatic rings. The van der Waals surface area contributed by atoms with Crippen LogP contribution in [0.5, 0.6) is 11.5 Å². The highest BCUT2D eigenvalue weighted by molar-refractivity contribution is 9.10.